The normalized spacial score (nSPS) is 13.3. The third kappa shape index (κ3) is 3.33. The monoisotopic (exact) mass is 199 g/mol. The first-order valence-electron chi connectivity index (χ1n) is 4.39. The highest BCUT2D eigenvalue weighted by Crippen LogP contribution is 2.19. The number of pyridine rings is 1. The molecule has 0 aliphatic rings. The van der Waals surface area contributed by atoms with Crippen LogP contribution < -0.4 is 0 Å². The van der Waals surface area contributed by atoms with Gasteiger partial charge in [0.2, 0.25) is 0 Å². The lowest BCUT2D eigenvalue weighted by Crippen LogP contribution is -2.03. The summed E-state index contributed by atoms with van der Waals surface area (Å²) in [5.41, 5.74) is 0.693. The molecule has 1 atom stereocenters. The number of aliphatic hydroxyl groups is 1. The van der Waals surface area contributed by atoms with Gasteiger partial charge in [-0.25, -0.2) is 0 Å². The van der Waals surface area contributed by atoms with Gasteiger partial charge < -0.3 is 5.11 Å². The van der Waals surface area contributed by atoms with Gasteiger partial charge in [0.05, 0.1) is 16.8 Å². The van der Waals surface area contributed by atoms with Gasteiger partial charge in [0.1, 0.15) is 0 Å². The SMILES string of the molecule is CC(C)CC(O)c1ccc(Cl)cn1. The fraction of sp³-hybridized carbons (Fsp3) is 0.500. The quantitative estimate of drug-likeness (QED) is 0.812. The summed E-state index contributed by atoms with van der Waals surface area (Å²) in [6.45, 7) is 4.14. The smallest absolute Gasteiger partial charge is 0.0962 e. The van der Waals surface area contributed by atoms with Crippen LogP contribution in [0.15, 0.2) is 18.3 Å². The highest BCUT2D eigenvalue weighted by Gasteiger charge is 2.10. The van der Waals surface area contributed by atoms with Crippen molar-refractivity contribution < 1.29 is 5.11 Å². The molecule has 0 radical (unpaired) electrons. The van der Waals surface area contributed by atoms with Gasteiger partial charge in [0, 0.05) is 6.20 Å². The summed E-state index contributed by atoms with van der Waals surface area (Å²) in [4.78, 5) is 4.05. The maximum absolute atomic E-state index is 9.68. The molecule has 1 aromatic rings. The van der Waals surface area contributed by atoms with E-state index in [0.717, 1.165) is 6.42 Å². The summed E-state index contributed by atoms with van der Waals surface area (Å²) in [7, 11) is 0. The van der Waals surface area contributed by atoms with E-state index in [1.807, 2.05) is 0 Å². The number of hydrogen-bond acceptors (Lipinski definition) is 2. The predicted octanol–water partition coefficient (Wildman–Crippen LogP) is 2.81. The molecule has 13 heavy (non-hydrogen) atoms. The largest absolute Gasteiger partial charge is 0.387 e. The van der Waals surface area contributed by atoms with Crippen molar-refractivity contribution in [2.75, 3.05) is 0 Å². The minimum atomic E-state index is -0.475. The molecular weight excluding hydrogens is 186 g/mol. The van der Waals surface area contributed by atoms with Gasteiger partial charge in [-0.05, 0) is 24.5 Å². The molecular formula is C10H14ClNO. The highest BCUT2D eigenvalue weighted by molar-refractivity contribution is 6.30. The van der Waals surface area contributed by atoms with Crippen molar-refractivity contribution in [3.8, 4) is 0 Å². The van der Waals surface area contributed by atoms with E-state index in [9.17, 15) is 5.11 Å². The third-order valence-corrected chi connectivity index (χ3v) is 2.01. The van der Waals surface area contributed by atoms with Crippen LogP contribution in [0.5, 0.6) is 0 Å². The average Bonchev–Trinajstić information content (AvgIpc) is 2.04. The van der Waals surface area contributed by atoms with Gasteiger partial charge in [0.15, 0.2) is 0 Å². The zero-order valence-corrected chi connectivity index (χ0v) is 8.62. The minimum Gasteiger partial charge on any atom is -0.387 e. The second-order valence-corrected chi connectivity index (χ2v) is 3.98. The Labute approximate surface area is 83.6 Å². The molecule has 72 valence electrons. The molecule has 0 spiro atoms. The van der Waals surface area contributed by atoms with Crippen LogP contribution in [-0.4, -0.2) is 10.1 Å². The summed E-state index contributed by atoms with van der Waals surface area (Å²) < 4.78 is 0. The topological polar surface area (TPSA) is 33.1 Å². The molecule has 0 saturated carbocycles. The molecule has 0 bridgehead atoms. The summed E-state index contributed by atoms with van der Waals surface area (Å²) >= 11 is 5.68. The molecule has 1 unspecified atom stereocenters. The van der Waals surface area contributed by atoms with E-state index in [2.05, 4.69) is 18.8 Å². The fourth-order valence-corrected chi connectivity index (χ4v) is 1.26. The molecule has 0 fully saturated rings. The zero-order valence-electron chi connectivity index (χ0n) is 7.87. The molecule has 0 amide bonds. The van der Waals surface area contributed by atoms with E-state index in [1.54, 1.807) is 18.3 Å². The van der Waals surface area contributed by atoms with E-state index in [4.69, 9.17) is 11.6 Å². The van der Waals surface area contributed by atoms with E-state index < -0.39 is 6.10 Å². The van der Waals surface area contributed by atoms with E-state index >= 15 is 0 Å². The van der Waals surface area contributed by atoms with Crippen molar-refractivity contribution in [3.05, 3.63) is 29.0 Å². The molecule has 0 aromatic carbocycles. The van der Waals surface area contributed by atoms with Gasteiger partial charge in [-0.3, -0.25) is 4.98 Å². The zero-order chi connectivity index (χ0) is 9.84. The number of nitrogens with zero attached hydrogens (tertiary/aromatic N) is 1. The maximum atomic E-state index is 9.68. The number of hydrogen-bond donors (Lipinski definition) is 1. The van der Waals surface area contributed by atoms with E-state index in [-0.39, 0.29) is 0 Å². The van der Waals surface area contributed by atoms with Crippen molar-refractivity contribution in [2.24, 2.45) is 5.92 Å². The van der Waals surface area contributed by atoms with Gasteiger partial charge in [-0.15, -0.1) is 0 Å². The van der Waals surface area contributed by atoms with Crippen LogP contribution in [0.1, 0.15) is 32.1 Å². The third-order valence-electron chi connectivity index (χ3n) is 1.79. The molecule has 1 aromatic heterocycles. The number of rotatable bonds is 3. The first kappa shape index (κ1) is 10.5. The van der Waals surface area contributed by atoms with Crippen LogP contribution in [0.25, 0.3) is 0 Å². The Morgan fingerprint density at radius 1 is 1.46 bits per heavy atom. The van der Waals surface area contributed by atoms with Crippen molar-refractivity contribution in [1.29, 1.82) is 0 Å². The molecule has 3 heteroatoms. The average molecular weight is 200 g/mol. The van der Waals surface area contributed by atoms with E-state index in [1.165, 1.54) is 0 Å². The molecule has 0 saturated heterocycles. The Morgan fingerprint density at radius 3 is 2.62 bits per heavy atom. The van der Waals surface area contributed by atoms with Crippen LogP contribution in [0.3, 0.4) is 0 Å². The number of halogens is 1. The van der Waals surface area contributed by atoms with E-state index in [0.29, 0.717) is 16.6 Å². The van der Waals surface area contributed by atoms with Gasteiger partial charge >= 0.3 is 0 Å². The predicted molar refractivity (Wildman–Crippen MR) is 53.7 cm³/mol. The Kier molecular flexibility index (Phi) is 3.70. The first-order chi connectivity index (χ1) is 6.09. The summed E-state index contributed by atoms with van der Waals surface area (Å²) in [6.07, 6.45) is 1.81. The van der Waals surface area contributed by atoms with Crippen LogP contribution in [0.4, 0.5) is 0 Å². The lowest BCUT2D eigenvalue weighted by molar-refractivity contribution is 0.146. The second kappa shape index (κ2) is 4.58. The lowest BCUT2D eigenvalue weighted by Gasteiger charge is -2.11. The fourth-order valence-electron chi connectivity index (χ4n) is 1.15. The van der Waals surface area contributed by atoms with Crippen LogP contribution in [0, 0.1) is 5.92 Å². The minimum absolute atomic E-state index is 0.465. The van der Waals surface area contributed by atoms with Gasteiger partial charge in [-0.2, -0.15) is 0 Å². The lowest BCUT2D eigenvalue weighted by atomic mass is 10.0. The Hall–Kier alpha value is -0.600. The molecule has 1 N–H and O–H groups in total. The summed E-state index contributed by atoms with van der Waals surface area (Å²) in [5.74, 6) is 0.465. The Balaban J connectivity index is 2.66. The van der Waals surface area contributed by atoms with Crippen molar-refractivity contribution in [2.45, 2.75) is 26.4 Å². The molecule has 2 nitrogen and oxygen atoms in total. The molecule has 0 aliphatic heterocycles. The van der Waals surface area contributed by atoms with Crippen molar-refractivity contribution >= 4 is 11.6 Å². The maximum Gasteiger partial charge on any atom is 0.0962 e. The van der Waals surface area contributed by atoms with Crippen LogP contribution in [-0.2, 0) is 0 Å². The molecule has 1 rings (SSSR count). The molecule has 0 aliphatic carbocycles. The standard InChI is InChI=1S/C10H14ClNO/c1-7(2)5-10(13)9-4-3-8(11)6-12-9/h3-4,6-7,10,13H,5H2,1-2H3. The second-order valence-electron chi connectivity index (χ2n) is 3.55. The van der Waals surface area contributed by atoms with Gasteiger partial charge in [-0.1, -0.05) is 25.4 Å². The van der Waals surface area contributed by atoms with Crippen molar-refractivity contribution in [3.63, 3.8) is 0 Å². The van der Waals surface area contributed by atoms with Crippen LogP contribution >= 0.6 is 11.6 Å². The first-order valence-corrected chi connectivity index (χ1v) is 4.77. The number of aromatic nitrogens is 1. The highest BCUT2D eigenvalue weighted by atomic mass is 35.5. The van der Waals surface area contributed by atoms with Gasteiger partial charge in [0.25, 0.3) is 0 Å². The summed E-state index contributed by atoms with van der Waals surface area (Å²) in [6, 6.07) is 3.50. The van der Waals surface area contributed by atoms with Crippen molar-refractivity contribution in [1.82, 2.24) is 4.98 Å². The Morgan fingerprint density at radius 2 is 2.15 bits per heavy atom. The summed E-state index contributed by atoms with van der Waals surface area (Å²) in [5, 5.41) is 10.3. The Bertz CT molecular complexity index is 258. The number of aliphatic hydroxyl groups excluding tert-OH is 1. The van der Waals surface area contributed by atoms with Crippen LogP contribution in [0.2, 0.25) is 5.02 Å². The molecule has 1 heterocycles.